The summed E-state index contributed by atoms with van der Waals surface area (Å²) in [7, 11) is 0.979. The molecule has 1 aliphatic heterocycles. The van der Waals surface area contributed by atoms with Crippen molar-refractivity contribution < 1.29 is 4.21 Å². The van der Waals surface area contributed by atoms with Crippen LogP contribution < -0.4 is 4.90 Å². The number of rotatable bonds is 4. The first-order valence-electron chi connectivity index (χ1n) is 9.71. The monoisotopic (exact) mass is 422 g/mol. The van der Waals surface area contributed by atoms with Gasteiger partial charge in [0, 0.05) is 62.7 Å². The van der Waals surface area contributed by atoms with E-state index in [1.54, 1.807) is 17.3 Å². The number of piperazine rings is 1. The fraction of sp³-hybridized carbons (Fsp3) is 0.300. The first-order chi connectivity index (χ1) is 14.6. The molecule has 1 atom stereocenters. The van der Waals surface area contributed by atoms with E-state index in [0.29, 0.717) is 0 Å². The topological polar surface area (TPSA) is 85.0 Å². The van der Waals surface area contributed by atoms with Crippen molar-refractivity contribution in [1.82, 2.24) is 33.8 Å². The van der Waals surface area contributed by atoms with E-state index < -0.39 is 11.0 Å². The summed E-state index contributed by atoms with van der Waals surface area (Å²) < 4.78 is 17.3. The summed E-state index contributed by atoms with van der Waals surface area (Å²) in [6.45, 7) is 3.06. The van der Waals surface area contributed by atoms with Gasteiger partial charge in [-0.25, -0.2) is 23.2 Å². The Balaban J connectivity index is 1.47. The quantitative estimate of drug-likeness (QED) is 0.497. The zero-order valence-corrected chi connectivity index (χ0v) is 17.7. The van der Waals surface area contributed by atoms with Gasteiger partial charge in [0.25, 0.3) is 0 Å². The lowest BCUT2D eigenvalue weighted by Gasteiger charge is -2.33. The molecule has 1 aliphatic rings. The van der Waals surface area contributed by atoms with Crippen LogP contribution >= 0.6 is 0 Å². The summed E-state index contributed by atoms with van der Waals surface area (Å²) in [5.74, 6) is 1.58. The minimum Gasteiger partial charge on any atom is -0.354 e. The van der Waals surface area contributed by atoms with Crippen LogP contribution in [0, 0.1) is 0 Å². The minimum atomic E-state index is -0.931. The predicted octanol–water partition coefficient (Wildman–Crippen LogP) is 1.63. The van der Waals surface area contributed by atoms with E-state index in [1.165, 1.54) is 0 Å². The van der Waals surface area contributed by atoms with Crippen LogP contribution in [-0.2, 0) is 18.0 Å². The number of hydrogen-bond donors (Lipinski definition) is 0. The van der Waals surface area contributed by atoms with Gasteiger partial charge >= 0.3 is 0 Å². The van der Waals surface area contributed by atoms with Crippen molar-refractivity contribution in [2.75, 3.05) is 37.3 Å². The lowest BCUT2D eigenvalue weighted by molar-refractivity contribution is 0.410. The molecule has 0 spiro atoms. The van der Waals surface area contributed by atoms with Crippen molar-refractivity contribution in [1.29, 1.82) is 0 Å². The van der Waals surface area contributed by atoms with Crippen molar-refractivity contribution in [3.8, 4) is 16.9 Å². The molecule has 4 heterocycles. The summed E-state index contributed by atoms with van der Waals surface area (Å²) >= 11 is 0. The van der Waals surface area contributed by atoms with Crippen LogP contribution in [0.4, 0.5) is 5.82 Å². The highest BCUT2D eigenvalue weighted by Gasteiger charge is 2.20. The smallest absolute Gasteiger partial charge is 0.159 e. The number of nitrogens with zero attached hydrogens (tertiary/aromatic N) is 8. The molecule has 4 aromatic rings. The van der Waals surface area contributed by atoms with Gasteiger partial charge in [-0.1, -0.05) is 12.1 Å². The summed E-state index contributed by atoms with van der Waals surface area (Å²) in [6, 6.07) is 8.21. The average Bonchev–Trinajstić information content (AvgIpc) is 3.39. The fourth-order valence-corrected chi connectivity index (χ4v) is 4.43. The van der Waals surface area contributed by atoms with E-state index in [9.17, 15) is 4.21 Å². The van der Waals surface area contributed by atoms with Crippen LogP contribution in [0.1, 0.15) is 0 Å². The molecule has 3 aromatic heterocycles. The third-order valence-corrected chi connectivity index (χ3v) is 6.48. The van der Waals surface area contributed by atoms with Crippen LogP contribution in [0.5, 0.6) is 0 Å². The molecule has 0 radical (unpaired) electrons. The number of aromatic nitrogens is 6. The molecule has 0 saturated carbocycles. The molecule has 1 aromatic carbocycles. The lowest BCUT2D eigenvalue weighted by atomic mass is 10.1. The zero-order chi connectivity index (χ0) is 20.7. The largest absolute Gasteiger partial charge is 0.354 e. The molecule has 0 aliphatic carbocycles. The summed E-state index contributed by atoms with van der Waals surface area (Å²) in [6.07, 6.45) is 9.00. The average molecular weight is 423 g/mol. The molecule has 1 fully saturated rings. The van der Waals surface area contributed by atoms with Crippen LogP contribution in [0.3, 0.4) is 0 Å². The molecule has 1 saturated heterocycles. The van der Waals surface area contributed by atoms with Gasteiger partial charge < -0.3 is 4.90 Å². The summed E-state index contributed by atoms with van der Waals surface area (Å²) in [4.78, 5) is 11.1. The van der Waals surface area contributed by atoms with Gasteiger partial charge in [0.05, 0.1) is 28.9 Å². The summed E-state index contributed by atoms with van der Waals surface area (Å²) in [5, 5.41) is 9.88. The second kappa shape index (κ2) is 7.62. The van der Waals surface area contributed by atoms with E-state index >= 15 is 0 Å². The number of aryl methyl sites for hydroxylation is 1. The van der Waals surface area contributed by atoms with Crippen LogP contribution in [-0.4, -0.2) is 70.5 Å². The Morgan fingerprint density at radius 1 is 0.933 bits per heavy atom. The highest BCUT2D eigenvalue weighted by molar-refractivity contribution is 7.81. The third-order valence-electron chi connectivity index (χ3n) is 5.39. The number of anilines is 1. The minimum absolute atomic E-state index is 0.722. The maximum atomic E-state index is 11.7. The van der Waals surface area contributed by atoms with Gasteiger partial charge in [-0.3, -0.25) is 4.68 Å². The maximum Gasteiger partial charge on any atom is 0.159 e. The third kappa shape index (κ3) is 3.48. The number of benzene rings is 1. The fourth-order valence-electron chi connectivity index (χ4n) is 3.75. The lowest BCUT2D eigenvalue weighted by Crippen LogP contribution is -2.47. The Hall–Kier alpha value is -3.11. The molecule has 5 rings (SSSR count). The van der Waals surface area contributed by atoms with Crippen molar-refractivity contribution in [2.45, 2.75) is 0 Å². The van der Waals surface area contributed by atoms with Gasteiger partial charge in [-0.05, 0) is 11.6 Å². The predicted molar refractivity (Wildman–Crippen MR) is 117 cm³/mol. The molecule has 1 unspecified atom stereocenters. The van der Waals surface area contributed by atoms with Crippen LogP contribution in [0.25, 0.3) is 27.8 Å². The van der Waals surface area contributed by atoms with Gasteiger partial charge in [0.15, 0.2) is 5.82 Å². The van der Waals surface area contributed by atoms with E-state index in [2.05, 4.69) is 43.3 Å². The standard InChI is InChI=1S/C20H22N8OS/c1-25-13-17(12-23-25)15-3-4-16-11-24-28(18(16)9-15)20-10-19(21-14-22-20)26-5-7-27(8-6-26)30(2)29/h3-4,9-14H,5-8H2,1-2H3. The normalized spacial score (nSPS) is 16.3. The van der Waals surface area contributed by atoms with E-state index in [-0.39, 0.29) is 0 Å². The maximum absolute atomic E-state index is 11.7. The first-order valence-corrected chi connectivity index (χ1v) is 11.2. The van der Waals surface area contributed by atoms with Gasteiger partial charge in [0.2, 0.25) is 0 Å². The van der Waals surface area contributed by atoms with Crippen LogP contribution in [0.15, 0.2) is 49.2 Å². The molecule has 0 bridgehead atoms. The van der Waals surface area contributed by atoms with Crippen molar-refractivity contribution >= 4 is 27.7 Å². The SMILES string of the molecule is Cn1cc(-c2ccc3cnn(-c4cc(N5CCN(S(C)=O)CC5)ncn4)c3c2)cn1. The molecule has 154 valence electrons. The van der Waals surface area contributed by atoms with Gasteiger partial charge in [0.1, 0.15) is 12.1 Å². The molecule has 0 amide bonds. The van der Waals surface area contributed by atoms with E-state index in [4.69, 9.17) is 0 Å². The second-order valence-electron chi connectivity index (χ2n) is 7.31. The van der Waals surface area contributed by atoms with E-state index in [0.717, 1.165) is 59.8 Å². The molecular formula is C20H22N8OS. The highest BCUT2D eigenvalue weighted by Crippen LogP contribution is 2.26. The number of hydrogen-bond acceptors (Lipinski definition) is 6. The van der Waals surface area contributed by atoms with Gasteiger partial charge in [-0.15, -0.1) is 0 Å². The first kappa shape index (κ1) is 18.9. The Labute approximate surface area is 176 Å². The second-order valence-corrected chi connectivity index (χ2v) is 8.67. The Morgan fingerprint density at radius 3 is 2.47 bits per heavy atom. The Kier molecular flexibility index (Phi) is 4.80. The molecule has 10 heteroatoms. The number of fused-ring (bicyclic) bond motifs is 1. The molecule has 9 nitrogen and oxygen atoms in total. The van der Waals surface area contributed by atoms with Crippen molar-refractivity contribution in [2.24, 2.45) is 7.05 Å². The highest BCUT2D eigenvalue weighted by atomic mass is 32.2. The van der Waals surface area contributed by atoms with Crippen molar-refractivity contribution in [3.05, 3.63) is 49.2 Å². The Bertz CT molecular complexity index is 1220. The van der Waals surface area contributed by atoms with Gasteiger partial charge in [-0.2, -0.15) is 10.2 Å². The molecule has 0 N–H and O–H groups in total. The van der Waals surface area contributed by atoms with E-state index in [1.807, 2.05) is 40.7 Å². The van der Waals surface area contributed by atoms with Crippen molar-refractivity contribution in [3.63, 3.8) is 0 Å². The molecular weight excluding hydrogens is 400 g/mol. The molecule has 30 heavy (non-hydrogen) atoms. The Morgan fingerprint density at radius 2 is 1.73 bits per heavy atom. The summed E-state index contributed by atoms with van der Waals surface area (Å²) in [5.41, 5.74) is 3.12. The zero-order valence-electron chi connectivity index (χ0n) is 16.8. The van der Waals surface area contributed by atoms with Crippen LogP contribution in [0.2, 0.25) is 0 Å².